The second kappa shape index (κ2) is 7.69. The summed E-state index contributed by atoms with van der Waals surface area (Å²) in [6, 6.07) is 8.22. The first-order chi connectivity index (χ1) is 13.5. The van der Waals surface area contributed by atoms with Gasteiger partial charge in [-0.2, -0.15) is 0 Å². The smallest absolute Gasteiger partial charge is 0.261 e. The molecule has 28 heavy (non-hydrogen) atoms. The third-order valence-electron chi connectivity index (χ3n) is 4.28. The van der Waals surface area contributed by atoms with Gasteiger partial charge in [-0.15, -0.1) is 16.4 Å². The maximum atomic E-state index is 14.6. The van der Waals surface area contributed by atoms with Crippen LogP contribution in [0.3, 0.4) is 0 Å². The van der Waals surface area contributed by atoms with Crippen LogP contribution in [0.5, 0.6) is 0 Å². The average Bonchev–Trinajstić information content (AvgIpc) is 3.41. The molecule has 0 spiro atoms. The molecule has 144 valence electrons. The Morgan fingerprint density at radius 1 is 1.36 bits per heavy atom. The van der Waals surface area contributed by atoms with Gasteiger partial charge in [-0.25, -0.2) is 9.07 Å². The van der Waals surface area contributed by atoms with E-state index in [2.05, 4.69) is 20.6 Å². The van der Waals surface area contributed by atoms with Crippen molar-refractivity contribution in [2.75, 3.05) is 20.1 Å². The van der Waals surface area contributed by atoms with Crippen LogP contribution in [0.25, 0.3) is 5.69 Å². The molecule has 1 aromatic carbocycles. The summed E-state index contributed by atoms with van der Waals surface area (Å²) in [6.07, 6.45) is 1.58. The van der Waals surface area contributed by atoms with E-state index in [4.69, 9.17) is 11.6 Å². The number of aliphatic imine (C=N–C) groups is 1. The maximum Gasteiger partial charge on any atom is 0.261 e. The Bertz CT molecular complexity index is 1060. The van der Waals surface area contributed by atoms with Gasteiger partial charge in [-0.1, -0.05) is 16.8 Å². The molecule has 7 nitrogen and oxygen atoms in total. The van der Waals surface area contributed by atoms with Crippen molar-refractivity contribution in [1.82, 2.24) is 25.2 Å². The summed E-state index contributed by atoms with van der Waals surface area (Å²) < 4.78 is 16.5. The molecule has 0 saturated heterocycles. The van der Waals surface area contributed by atoms with Gasteiger partial charge < -0.3 is 10.2 Å². The normalized spacial score (nSPS) is 13.7. The van der Waals surface area contributed by atoms with E-state index >= 15 is 0 Å². The lowest BCUT2D eigenvalue weighted by Crippen LogP contribution is -2.23. The van der Waals surface area contributed by atoms with Crippen LogP contribution >= 0.6 is 22.9 Å². The summed E-state index contributed by atoms with van der Waals surface area (Å²) in [5.41, 5.74) is 1.52. The minimum absolute atomic E-state index is 0.176. The van der Waals surface area contributed by atoms with Gasteiger partial charge in [0.1, 0.15) is 23.0 Å². The van der Waals surface area contributed by atoms with E-state index in [9.17, 15) is 9.18 Å². The van der Waals surface area contributed by atoms with Crippen molar-refractivity contribution in [3.05, 3.63) is 62.8 Å². The lowest BCUT2D eigenvalue weighted by atomic mass is 10.1. The number of halogens is 2. The molecule has 1 aliphatic heterocycles. The van der Waals surface area contributed by atoms with Crippen LogP contribution in [0.2, 0.25) is 4.34 Å². The van der Waals surface area contributed by atoms with Crippen molar-refractivity contribution in [3.8, 4) is 5.69 Å². The van der Waals surface area contributed by atoms with Gasteiger partial charge in [0.2, 0.25) is 0 Å². The molecule has 1 aliphatic rings. The van der Waals surface area contributed by atoms with Crippen molar-refractivity contribution in [2.24, 2.45) is 4.99 Å². The Hall–Kier alpha value is -2.78. The maximum absolute atomic E-state index is 14.6. The monoisotopic (exact) mass is 418 g/mol. The van der Waals surface area contributed by atoms with Gasteiger partial charge in [0.05, 0.1) is 28.5 Å². The Labute approximate surface area is 169 Å². The van der Waals surface area contributed by atoms with E-state index < -0.39 is 5.82 Å². The quantitative estimate of drug-likeness (QED) is 0.691. The fraction of sp³-hybridized carbons (Fsp3) is 0.222. The highest BCUT2D eigenvalue weighted by Gasteiger charge is 2.17. The number of nitrogens with zero attached hydrogens (tertiary/aromatic N) is 5. The summed E-state index contributed by atoms with van der Waals surface area (Å²) in [7, 11) is 1.93. The van der Waals surface area contributed by atoms with Crippen LogP contribution in [0.4, 0.5) is 4.39 Å². The number of amidine groups is 1. The highest BCUT2D eigenvalue weighted by atomic mass is 35.5. The second-order valence-electron chi connectivity index (χ2n) is 6.23. The molecule has 0 radical (unpaired) electrons. The summed E-state index contributed by atoms with van der Waals surface area (Å²) in [5.74, 6) is 0.110. The molecule has 1 amide bonds. The first-order valence-corrected chi connectivity index (χ1v) is 9.71. The molecule has 0 saturated carbocycles. The summed E-state index contributed by atoms with van der Waals surface area (Å²) in [4.78, 5) is 19.0. The number of hydrogen-bond donors (Lipinski definition) is 1. The number of rotatable bonds is 5. The lowest BCUT2D eigenvalue weighted by molar-refractivity contribution is 0.0954. The first-order valence-electron chi connectivity index (χ1n) is 8.52. The predicted molar refractivity (Wildman–Crippen MR) is 106 cm³/mol. The Kier molecular flexibility index (Phi) is 5.10. The van der Waals surface area contributed by atoms with Crippen molar-refractivity contribution in [2.45, 2.75) is 6.54 Å². The molecule has 0 aliphatic carbocycles. The molecule has 0 atom stereocenters. The summed E-state index contributed by atoms with van der Waals surface area (Å²) >= 11 is 7.03. The fourth-order valence-electron chi connectivity index (χ4n) is 2.87. The van der Waals surface area contributed by atoms with Gasteiger partial charge in [-0.05, 0) is 30.3 Å². The van der Waals surface area contributed by atoms with Crippen LogP contribution < -0.4 is 5.32 Å². The number of nitrogens with one attached hydrogen (secondary N) is 1. The number of likely N-dealkylation sites (N-methyl/N-ethyl adjacent to an activating group) is 1. The lowest BCUT2D eigenvalue weighted by Gasteiger charge is -2.14. The van der Waals surface area contributed by atoms with Gasteiger partial charge >= 0.3 is 0 Å². The van der Waals surface area contributed by atoms with Gasteiger partial charge in [0.15, 0.2) is 0 Å². The van der Waals surface area contributed by atoms with E-state index in [1.165, 1.54) is 22.1 Å². The third-order valence-corrected chi connectivity index (χ3v) is 5.51. The van der Waals surface area contributed by atoms with Crippen LogP contribution in [-0.4, -0.2) is 51.8 Å². The molecular formula is C18H16ClFN6OS. The molecule has 10 heteroatoms. The van der Waals surface area contributed by atoms with Crippen LogP contribution in [0.1, 0.15) is 20.9 Å². The van der Waals surface area contributed by atoms with E-state index in [1.807, 2.05) is 18.0 Å². The second-order valence-corrected chi connectivity index (χ2v) is 7.95. The highest BCUT2D eigenvalue weighted by molar-refractivity contribution is 7.17. The Balaban J connectivity index is 1.46. The minimum atomic E-state index is -0.422. The van der Waals surface area contributed by atoms with Crippen molar-refractivity contribution >= 4 is 34.7 Å². The SMILES string of the molecule is CN1CCN=C1c1ccc(-n2cc(CNC(=O)c3ccc(Cl)s3)nn2)c(F)c1. The third kappa shape index (κ3) is 3.76. The highest BCUT2D eigenvalue weighted by Crippen LogP contribution is 2.21. The number of aromatic nitrogens is 3. The van der Waals surface area contributed by atoms with E-state index in [1.54, 1.807) is 24.4 Å². The molecule has 0 fully saturated rings. The molecule has 2 aromatic heterocycles. The average molecular weight is 419 g/mol. The number of amides is 1. The standard InChI is InChI=1S/C18H16ClFN6OS/c1-25-7-6-21-17(25)11-2-3-14(13(20)8-11)26-10-12(23-24-26)9-22-18(27)15-4-5-16(19)28-15/h2-5,8,10H,6-7,9H2,1H3,(H,22,27). The number of carbonyl (C=O) groups is 1. The largest absolute Gasteiger partial charge is 0.358 e. The molecule has 4 rings (SSSR count). The number of thiophene rings is 1. The van der Waals surface area contributed by atoms with E-state index in [0.29, 0.717) is 21.5 Å². The van der Waals surface area contributed by atoms with Crippen molar-refractivity contribution < 1.29 is 9.18 Å². The topological polar surface area (TPSA) is 75.4 Å². The molecule has 3 heterocycles. The molecule has 0 unspecified atom stereocenters. The van der Waals surface area contributed by atoms with Crippen LogP contribution in [0.15, 0.2) is 41.5 Å². The van der Waals surface area contributed by atoms with Crippen molar-refractivity contribution in [1.29, 1.82) is 0 Å². The number of benzene rings is 1. The zero-order valence-electron chi connectivity index (χ0n) is 14.9. The number of carbonyl (C=O) groups excluding carboxylic acids is 1. The Morgan fingerprint density at radius 3 is 2.89 bits per heavy atom. The first kappa shape index (κ1) is 18.6. The van der Waals surface area contributed by atoms with Gasteiger partial charge in [0.25, 0.3) is 5.91 Å². The zero-order chi connectivity index (χ0) is 19.7. The molecule has 1 N–H and O–H groups in total. The van der Waals surface area contributed by atoms with Gasteiger partial charge in [0, 0.05) is 19.2 Å². The Morgan fingerprint density at radius 2 is 2.21 bits per heavy atom. The fourth-order valence-corrected chi connectivity index (χ4v) is 3.83. The van der Waals surface area contributed by atoms with Gasteiger partial charge in [-0.3, -0.25) is 9.79 Å². The predicted octanol–water partition coefficient (Wildman–Crippen LogP) is 2.74. The van der Waals surface area contributed by atoms with E-state index in [-0.39, 0.29) is 18.1 Å². The molecule has 0 bridgehead atoms. The summed E-state index contributed by atoms with van der Waals surface area (Å²) in [5, 5.41) is 10.7. The van der Waals surface area contributed by atoms with E-state index in [0.717, 1.165) is 17.9 Å². The summed E-state index contributed by atoms with van der Waals surface area (Å²) in [6.45, 7) is 1.72. The minimum Gasteiger partial charge on any atom is -0.358 e. The van der Waals surface area contributed by atoms with Crippen LogP contribution in [-0.2, 0) is 6.54 Å². The zero-order valence-corrected chi connectivity index (χ0v) is 16.5. The van der Waals surface area contributed by atoms with Crippen LogP contribution in [0, 0.1) is 5.82 Å². The number of hydrogen-bond acceptors (Lipinski definition) is 6. The molecule has 3 aromatic rings. The van der Waals surface area contributed by atoms with Crippen molar-refractivity contribution in [3.63, 3.8) is 0 Å². The molecular weight excluding hydrogens is 403 g/mol.